The highest BCUT2D eigenvalue weighted by atomic mass is 35.5. The van der Waals surface area contributed by atoms with Gasteiger partial charge in [0.2, 0.25) is 0 Å². The van der Waals surface area contributed by atoms with Crippen molar-refractivity contribution in [2.75, 3.05) is 0 Å². The zero-order chi connectivity index (χ0) is 13.9. The van der Waals surface area contributed by atoms with Gasteiger partial charge in [-0.05, 0) is 46.9 Å². The lowest BCUT2D eigenvalue weighted by atomic mass is 10.2. The summed E-state index contributed by atoms with van der Waals surface area (Å²) in [5, 5.41) is 3.70. The monoisotopic (exact) mass is 336 g/mol. The molecule has 0 nitrogen and oxygen atoms in total. The first-order valence-corrected chi connectivity index (χ1v) is 8.44. The maximum atomic E-state index is 5.91. The average molecular weight is 337 g/mol. The fourth-order valence-corrected chi connectivity index (χ4v) is 4.19. The van der Waals surface area contributed by atoms with Crippen molar-refractivity contribution in [3.05, 3.63) is 79.3 Å². The summed E-state index contributed by atoms with van der Waals surface area (Å²) in [6.45, 7) is 0. The zero-order valence-corrected chi connectivity index (χ0v) is 13.5. The van der Waals surface area contributed by atoms with Crippen molar-refractivity contribution in [1.29, 1.82) is 0 Å². The van der Waals surface area contributed by atoms with Crippen molar-refractivity contribution < 1.29 is 0 Å². The minimum absolute atomic E-state index is 0.763. The fourth-order valence-electron chi connectivity index (χ4n) is 1.77. The van der Waals surface area contributed by atoms with Gasteiger partial charge in [0, 0.05) is 19.2 Å². The Morgan fingerprint density at radius 2 is 1.40 bits per heavy atom. The van der Waals surface area contributed by atoms with Gasteiger partial charge in [0.15, 0.2) is 0 Å². The zero-order valence-electron chi connectivity index (χ0n) is 10.3. The van der Waals surface area contributed by atoms with Gasteiger partial charge in [-0.25, -0.2) is 0 Å². The molecule has 0 aromatic heterocycles. The van der Waals surface area contributed by atoms with Crippen LogP contribution >= 0.6 is 46.7 Å². The Labute approximate surface area is 136 Å². The molecule has 0 aliphatic carbocycles. The third kappa shape index (κ3) is 3.44. The SMILES string of the molecule is Clc1ccc(/C=C2\SC=C(c3ccc(Cl)cc3)S2)cc1. The topological polar surface area (TPSA) is 0 Å². The summed E-state index contributed by atoms with van der Waals surface area (Å²) >= 11 is 15.3. The predicted octanol–water partition coefficient (Wildman–Crippen LogP) is 6.77. The van der Waals surface area contributed by atoms with Crippen LogP contribution in [0.2, 0.25) is 10.0 Å². The molecule has 0 unspecified atom stereocenters. The third-order valence-electron chi connectivity index (χ3n) is 2.78. The lowest BCUT2D eigenvalue weighted by Gasteiger charge is -2.01. The predicted molar refractivity (Wildman–Crippen MR) is 94.0 cm³/mol. The van der Waals surface area contributed by atoms with Gasteiger partial charge in [0.25, 0.3) is 0 Å². The number of hydrogen-bond donors (Lipinski definition) is 0. The maximum Gasteiger partial charge on any atom is 0.0499 e. The second-order valence-electron chi connectivity index (χ2n) is 4.22. The molecule has 0 saturated carbocycles. The highest BCUT2D eigenvalue weighted by Gasteiger charge is 2.13. The first-order chi connectivity index (χ1) is 9.70. The summed E-state index contributed by atoms with van der Waals surface area (Å²) in [6, 6.07) is 15.8. The molecule has 2 aromatic carbocycles. The molecule has 0 atom stereocenters. The van der Waals surface area contributed by atoms with E-state index in [9.17, 15) is 0 Å². The second kappa shape index (κ2) is 6.31. The Balaban J connectivity index is 1.75. The standard InChI is InChI=1S/C16H10Cl2S2/c17-13-5-1-11(2-6-13)9-16-19-10-15(20-16)12-3-7-14(18)8-4-12/h1-10H/b16-9+. The van der Waals surface area contributed by atoms with Gasteiger partial charge in [-0.1, -0.05) is 71.0 Å². The van der Waals surface area contributed by atoms with Gasteiger partial charge in [-0.15, -0.1) is 0 Å². The fraction of sp³-hybridized carbons (Fsp3) is 0. The van der Waals surface area contributed by atoms with Crippen molar-refractivity contribution in [3.8, 4) is 0 Å². The van der Waals surface area contributed by atoms with Crippen LogP contribution in [-0.2, 0) is 0 Å². The largest absolute Gasteiger partial charge is 0.0895 e. The summed E-state index contributed by atoms with van der Waals surface area (Å²) in [5.41, 5.74) is 2.36. The van der Waals surface area contributed by atoms with E-state index < -0.39 is 0 Å². The Morgan fingerprint density at radius 3 is 2.05 bits per heavy atom. The molecule has 0 bridgehead atoms. The molecule has 1 aliphatic heterocycles. The molecule has 4 heteroatoms. The van der Waals surface area contributed by atoms with E-state index >= 15 is 0 Å². The van der Waals surface area contributed by atoms with E-state index in [1.165, 1.54) is 14.7 Å². The third-order valence-corrected chi connectivity index (χ3v) is 5.56. The van der Waals surface area contributed by atoms with E-state index in [-0.39, 0.29) is 0 Å². The lowest BCUT2D eigenvalue weighted by molar-refractivity contribution is 1.65. The van der Waals surface area contributed by atoms with Crippen molar-refractivity contribution in [2.24, 2.45) is 0 Å². The van der Waals surface area contributed by atoms with Gasteiger partial charge in [0.05, 0.1) is 0 Å². The van der Waals surface area contributed by atoms with Gasteiger partial charge in [-0.3, -0.25) is 0 Å². The molecule has 2 aromatic rings. The molecule has 0 saturated heterocycles. The summed E-state index contributed by atoms with van der Waals surface area (Å²) in [6.07, 6.45) is 2.17. The Kier molecular flexibility index (Phi) is 4.47. The molecule has 1 heterocycles. The van der Waals surface area contributed by atoms with Crippen LogP contribution < -0.4 is 0 Å². The molecule has 0 spiro atoms. The normalized spacial score (nSPS) is 16.5. The van der Waals surface area contributed by atoms with E-state index in [0.29, 0.717) is 0 Å². The molecule has 1 aliphatic rings. The molecule has 0 amide bonds. The number of halogens is 2. The highest BCUT2D eigenvalue weighted by molar-refractivity contribution is 8.31. The van der Waals surface area contributed by atoms with Crippen molar-refractivity contribution in [1.82, 2.24) is 0 Å². The van der Waals surface area contributed by atoms with Crippen molar-refractivity contribution in [2.45, 2.75) is 0 Å². The van der Waals surface area contributed by atoms with Crippen molar-refractivity contribution >= 4 is 57.7 Å². The van der Waals surface area contributed by atoms with E-state index in [4.69, 9.17) is 23.2 Å². The van der Waals surface area contributed by atoms with E-state index in [1.807, 2.05) is 48.5 Å². The number of thioether (sulfide) groups is 2. The van der Waals surface area contributed by atoms with Crippen molar-refractivity contribution in [3.63, 3.8) is 0 Å². The summed E-state index contributed by atoms with van der Waals surface area (Å²) in [4.78, 5) is 1.26. The Morgan fingerprint density at radius 1 is 0.800 bits per heavy atom. The quantitative estimate of drug-likeness (QED) is 0.593. The summed E-state index contributed by atoms with van der Waals surface area (Å²) in [5.74, 6) is 0. The van der Waals surface area contributed by atoms with Crippen LogP contribution in [0.4, 0.5) is 0 Å². The minimum atomic E-state index is 0.763. The van der Waals surface area contributed by atoms with E-state index in [0.717, 1.165) is 15.6 Å². The van der Waals surface area contributed by atoms with Crippen LogP contribution in [-0.4, -0.2) is 0 Å². The van der Waals surface area contributed by atoms with Gasteiger partial charge in [0.1, 0.15) is 0 Å². The van der Waals surface area contributed by atoms with Gasteiger partial charge in [-0.2, -0.15) is 0 Å². The molecule has 0 radical (unpaired) electrons. The number of hydrogen-bond acceptors (Lipinski definition) is 2. The second-order valence-corrected chi connectivity index (χ2v) is 7.35. The Hall–Kier alpha value is -0.800. The van der Waals surface area contributed by atoms with Crippen LogP contribution in [0.25, 0.3) is 11.0 Å². The maximum absolute atomic E-state index is 5.91. The van der Waals surface area contributed by atoms with E-state index in [1.54, 1.807) is 23.5 Å². The summed E-state index contributed by atoms with van der Waals surface area (Å²) < 4.78 is 1.26. The van der Waals surface area contributed by atoms with Crippen LogP contribution in [0.15, 0.2) is 58.2 Å². The minimum Gasteiger partial charge on any atom is -0.0895 e. The molecular weight excluding hydrogens is 327 g/mol. The average Bonchev–Trinajstić information content (AvgIpc) is 2.91. The highest BCUT2D eigenvalue weighted by Crippen LogP contribution is 2.49. The van der Waals surface area contributed by atoms with Crippen LogP contribution in [0.3, 0.4) is 0 Å². The van der Waals surface area contributed by atoms with Crippen LogP contribution in [0.5, 0.6) is 0 Å². The van der Waals surface area contributed by atoms with Gasteiger partial charge >= 0.3 is 0 Å². The number of rotatable bonds is 2. The summed E-state index contributed by atoms with van der Waals surface area (Å²) in [7, 11) is 0. The molecule has 0 N–H and O–H groups in total. The molecule has 0 fully saturated rings. The number of benzene rings is 2. The Bertz CT molecular complexity index is 671. The van der Waals surface area contributed by atoms with E-state index in [2.05, 4.69) is 11.5 Å². The first-order valence-electron chi connectivity index (χ1n) is 5.98. The van der Waals surface area contributed by atoms with Crippen LogP contribution in [0, 0.1) is 0 Å². The molecule has 100 valence electrons. The molecule has 3 rings (SSSR count). The van der Waals surface area contributed by atoms with Crippen LogP contribution in [0.1, 0.15) is 11.1 Å². The lowest BCUT2D eigenvalue weighted by Crippen LogP contribution is -1.76. The molecular formula is C16H10Cl2S2. The molecule has 20 heavy (non-hydrogen) atoms. The first kappa shape index (κ1) is 14.2. The smallest absolute Gasteiger partial charge is 0.0499 e. The van der Waals surface area contributed by atoms with Gasteiger partial charge < -0.3 is 0 Å².